The predicted octanol–water partition coefficient (Wildman–Crippen LogP) is 1.97. The Morgan fingerprint density at radius 3 is 1.92 bits per heavy atom. The second-order valence-corrected chi connectivity index (χ2v) is 4.07. The molecule has 0 heterocycles. The first kappa shape index (κ1) is 12.7. The van der Waals surface area contributed by atoms with E-state index < -0.39 is 12.2 Å². The van der Waals surface area contributed by atoms with Crippen LogP contribution in [0, 0.1) is 11.8 Å². The van der Waals surface area contributed by atoms with Gasteiger partial charge in [0.1, 0.15) is 0 Å². The molecular formula is C11H22O2. The van der Waals surface area contributed by atoms with E-state index in [1.165, 1.54) is 0 Å². The minimum atomic E-state index is -0.526. The van der Waals surface area contributed by atoms with Gasteiger partial charge in [0.05, 0.1) is 12.2 Å². The Morgan fingerprint density at radius 2 is 1.62 bits per heavy atom. The van der Waals surface area contributed by atoms with Crippen molar-refractivity contribution in [3.63, 3.8) is 0 Å². The number of hydrogen-bond acceptors (Lipinski definition) is 2. The number of aliphatic hydroxyl groups excluding tert-OH is 2. The highest BCUT2D eigenvalue weighted by Gasteiger charge is 2.25. The molecule has 0 spiro atoms. The highest BCUT2D eigenvalue weighted by molar-refractivity contribution is 5.05. The van der Waals surface area contributed by atoms with Crippen LogP contribution in [-0.2, 0) is 0 Å². The topological polar surface area (TPSA) is 40.5 Å². The van der Waals surface area contributed by atoms with Crippen LogP contribution in [0.25, 0.3) is 0 Å². The van der Waals surface area contributed by atoms with E-state index in [1.807, 2.05) is 40.7 Å². The van der Waals surface area contributed by atoms with Gasteiger partial charge in [0, 0.05) is 5.92 Å². The van der Waals surface area contributed by atoms with Gasteiger partial charge in [-0.1, -0.05) is 26.8 Å². The molecule has 0 aliphatic heterocycles. The number of rotatable bonds is 4. The van der Waals surface area contributed by atoms with Gasteiger partial charge < -0.3 is 10.2 Å². The second-order valence-electron chi connectivity index (χ2n) is 4.07. The first-order valence-electron chi connectivity index (χ1n) is 4.90. The summed E-state index contributed by atoms with van der Waals surface area (Å²) >= 11 is 0. The fourth-order valence-corrected chi connectivity index (χ4v) is 1.38. The molecule has 0 amide bonds. The minimum Gasteiger partial charge on any atom is -0.392 e. The van der Waals surface area contributed by atoms with E-state index in [9.17, 15) is 10.2 Å². The van der Waals surface area contributed by atoms with Crippen LogP contribution in [-0.4, -0.2) is 22.4 Å². The van der Waals surface area contributed by atoms with Crippen LogP contribution in [0.2, 0.25) is 0 Å². The van der Waals surface area contributed by atoms with Crippen molar-refractivity contribution < 1.29 is 10.2 Å². The maximum absolute atomic E-state index is 9.78. The summed E-state index contributed by atoms with van der Waals surface area (Å²) in [5.74, 6) is 0.0884. The molecule has 2 nitrogen and oxygen atoms in total. The van der Waals surface area contributed by atoms with E-state index in [2.05, 4.69) is 0 Å². The quantitative estimate of drug-likeness (QED) is 0.659. The van der Waals surface area contributed by atoms with Crippen LogP contribution in [0.4, 0.5) is 0 Å². The van der Waals surface area contributed by atoms with Crippen molar-refractivity contribution in [2.75, 3.05) is 0 Å². The van der Waals surface area contributed by atoms with Crippen LogP contribution in [0.3, 0.4) is 0 Å². The standard InChI is InChI=1S/C11H22O2/c1-6-8(4)11(13)9(5)10(12)7(2)3/h6-7,9-13H,1-5H3/b8-6+/t9-,10-,11+/m1/s1. The Morgan fingerprint density at radius 1 is 1.15 bits per heavy atom. The molecule has 78 valence electrons. The zero-order valence-electron chi connectivity index (χ0n) is 9.28. The third-order valence-corrected chi connectivity index (χ3v) is 2.64. The van der Waals surface area contributed by atoms with Crippen molar-refractivity contribution in [3.8, 4) is 0 Å². The van der Waals surface area contributed by atoms with Crippen LogP contribution in [0.15, 0.2) is 11.6 Å². The molecule has 0 rings (SSSR count). The Kier molecular flexibility index (Phi) is 5.26. The maximum Gasteiger partial charge on any atom is 0.0797 e. The fourth-order valence-electron chi connectivity index (χ4n) is 1.38. The molecule has 2 N–H and O–H groups in total. The lowest BCUT2D eigenvalue weighted by Gasteiger charge is -2.27. The van der Waals surface area contributed by atoms with Crippen molar-refractivity contribution in [2.24, 2.45) is 11.8 Å². The first-order valence-corrected chi connectivity index (χ1v) is 4.90. The minimum absolute atomic E-state index is 0.101. The van der Waals surface area contributed by atoms with Gasteiger partial charge in [-0.05, 0) is 25.3 Å². The number of aliphatic hydroxyl groups is 2. The Bertz CT molecular complexity index is 173. The average Bonchev–Trinajstić information content (AvgIpc) is 2.12. The van der Waals surface area contributed by atoms with E-state index >= 15 is 0 Å². The van der Waals surface area contributed by atoms with Gasteiger partial charge >= 0.3 is 0 Å². The zero-order valence-corrected chi connectivity index (χ0v) is 9.28. The van der Waals surface area contributed by atoms with E-state index in [0.29, 0.717) is 0 Å². The average molecular weight is 186 g/mol. The lowest BCUT2D eigenvalue weighted by Crippen LogP contribution is -2.33. The van der Waals surface area contributed by atoms with Crippen LogP contribution in [0.1, 0.15) is 34.6 Å². The summed E-state index contributed by atoms with van der Waals surface area (Å²) in [6.45, 7) is 9.57. The molecule has 0 saturated heterocycles. The second kappa shape index (κ2) is 5.40. The summed E-state index contributed by atoms with van der Waals surface area (Å²) in [6, 6.07) is 0. The summed E-state index contributed by atoms with van der Waals surface area (Å²) < 4.78 is 0. The Balaban J connectivity index is 4.33. The van der Waals surface area contributed by atoms with Gasteiger partial charge in [-0.25, -0.2) is 0 Å². The highest BCUT2D eigenvalue weighted by Crippen LogP contribution is 2.20. The molecule has 3 atom stereocenters. The molecule has 0 aromatic carbocycles. The van der Waals surface area contributed by atoms with Crippen molar-refractivity contribution in [3.05, 3.63) is 11.6 Å². The summed E-state index contributed by atoms with van der Waals surface area (Å²) in [6.07, 6.45) is 0.918. The van der Waals surface area contributed by atoms with Gasteiger partial charge in [0.25, 0.3) is 0 Å². The molecule has 0 fully saturated rings. The lowest BCUT2D eigenvalue weighted by atomic mass is 9.87. The number of allylic oxidation sites excluding steroid dienone is 1. The fraction of sp³-hybridized carbons (Fsp3) is 0.818. The van der Waals surface area contributed by atoms with Crippen LogP contribution in [0.5, 0.6) is 0 Å². The predicted molar refractivity (Wildman–Crippen MR) is 55.4 cm³/mol. The number of hydrogen-bond donors (Lipinski definition) is 2. The van der Waals surface area contributed by atoms with Gasteiger partial charge in [-0.15, -0.1) is 0 Å². The summed E-state index contributed by atoms with van der Waals surface area (Å²) in [7, 11) is 0. The highest BCUT2D eigenvalue weighted by atomic mass is 16.3. The van der Waals surface area contributed by atoms with Gasteiger partial charge in [0.15, 0.2) is 0 Å². The molecule has 2 heteroatoms. The van der Waals surface area contributed by atoms with Gasteiger partial charge in [0.2, 0.25) is 0 Å². The SMILES string of the molecule is C/C=C(\C)[C@H](O)[C@H](C)[C@H](O)C(C)C. The van der Waals surface area contributed by atoms with Gasteiger partial charge in [-0.3, -0.25) is 0 Å². The zero-order chi connectivity index (χ0) is 10.6. The van der Waals surface area contributed by atoms with E-state index in [-0.39, 0.29) is 11.8 Å². The first-order chi connectivity index (χ1) is 5.91. The molecule has 0 aromatic heterocycles. The summed E-state index contributed by atoms with van der Waals surface area (Å²) in [4.78, 5) is 0. The smallest absolute Gasteiger partial charge is 0.0797 e. The molecule has 0 radical (unpaired) electrons. The van der Waals surface area contributed by atoms with Crippen LogP contribution < -0.4 is 0 Å². The lowest BCUT2D eigenvalue weighted by molar-refractivity contribution is 0.0127. The van der Waals surface area contributed by atoms with Crippen LogP contribution >= 0.6 is 0 Å². The molecule has 0 aliphatic carbocycles. The van der Waals surface area contributed by atoms with Crippen molar-refractivity contribution in [1.82, 2.24) is 0 Å². The molecule has 0 aromatic rings. The summed E-state index contributed by atoms with van der Waals surface area (Å²) in [5.41, 5.74) is 0.923. The van der Waals surface area contributed by atoms with Crippen molar-refractivity contribution in [1.29, 1.82) is 0 Å². The largest absolute Gasteiger partial charge is 0.392 e. The molecule has 0 unspecified atom stereocenters. The van der Waals surface area contributed by atoms with Gasteiger partial charge in [-0.2, -0.15) is 0 Å². The Hall–Kier alpha value is -0.340. The molecule has 0 aliphatic rings. The maximum atomic E-state index is 9.78. The van der Waals surface area contributed by atoms with E-state index in [4.69, 9.17) is 0 Å². The molecular weight excluding hydrogens is 164 g/mol. The Labute approximate surface area is 81.3 Å². The third-order valence-electron chi connectivity index (χ3n) is 2.64. The third kappa shape index (κ3) is 3.49. The molecule has 0 bridgehead atoms. The molecule has 13 heavy (non-hydrogen) atoms. The normalized spacial score (nSPS) is 20.2. The van der Waals surface area contributed by atoms with E-state index in [1.54, 1.807) is 0 Å². The summed E-state index contributed by atoms with van der Waals surface area (Å²) in [5, 5.41) is 19.5. The molecule has 0 saturated carbocycles. The monoisotopic (exact) mass is 186 g/mol. The van der Waals surface area contributed by atoms with E-state index in [0.717, 1.165) is 5.57 Å². The van der Waals surface area contributed by atoms with Crippen molar-refractivity contribution >= 4 is 0 Å². The van der Waals surface area contributed by atoms with Crippen molar-refractivity contribution in [2.45, 2.75) is 46.8 Å².